The minimum Gasteiger partial charge on any atom is -0.493 e. The molecule has 0 saturated carbocycles. The Morgan fingerprint density at radius 3 is 2.27 bits per heavy atom. The number of hydrogen-bond donors (Lipinski definition) is 1. The van der Waals surface area contributed by atoms with E-state index in [9.17, 15) is 13.2 Å². The quantitative estimate of drug-likeness (QED) is 0.499. The van der Waals surface area contributed by atoms with Crippen molar-refractivity contribution in [3.8, 4) is 11.5 Å². The number of ether oxygens (including phenoxy) is 2. The number of methoxy groups -OCH3 is 1. The Balaban J connectivity index is 2.45. The van der Waals surface area contributed by atoms with Gasteiger partial charge in [0, 0.05) is 18.0 Å². The van der Waals surface area contributed by atoms with E-state index in [1.54, 1.807) is 18.2 Å². The van der Waals surface area contributed by atoms with Gasteiger partial charge in [-0.3, -0.25) is 0 Å². The summed E-state index contributed by atoms with van der Waals surface area (Å²) in [6.07, 6.45) is 1.09. The van der Waals surface area contributed by atoms with Gasteiger partial charge in [-0.25, -0.2) is 13.2 Å². The third-order valence-corrected chi connectivity index (χ3v) is 4.94. The molecule has 7 heteroatoms. The molecular formula is C19H23NO5S. The summed E-state index contributed by atoms with van der Waals surface area (Å²) in [6, 6.07) is 9.16. The predicted molar refractivity (Wildman–Crippen MR) is 101 cm³/mol. The molecule has 2 rings (SSSR count). The predicted octanol–water partition coefficient (Wildman–Crippen LogP) is 3.20. The maximum atomic E-state index is 12.7. The van der Waals surface area contributed by atoms with E-state index in [2.05, 4.69) is 0 Å². The van der Waals surface area contributed by atoms with Gasteiger partial charge in [-0.1, -0.05) is 26.8 Å². The largest absolute Gasteiger partial charge is 0.493 e. The Bertz CT molecular complexity index is 943. The first-order valence-corrected chi connectivity index (χ1v) is 9.83. The van der Waals surface area contributed by atoms with Crippen LogP contribution in [0.4, 0.5) is 5.69 Å². The number of carbonyl (C=O) groups is 1. The van der Waals surface area contributed by atoms with Gasteiger partial charge >= 0.3 is 5.97 Å². The van der Waals surface area contributed by atoms with Crippen LogP contribution in [0.5, 0.6) is 11.5 Å². The van der Waals surface area contributed by atoms with Gasteiger partial charge in [0.2, 0.25) is 0 Å². The van der Waals surface area contributed by atoms with Crippen molar-refractivity contribution in [2.75, 3.05) is 19.1 Å². The molecule has 140 valence electrons. The topological polar surface area (TPSA) is 95.7 Å². The zero-order valence-corrected chi connectivity index (χ0v) is 16.3. The van der Waals surface area contributed by atoms with E-state index in [1.165, 1.54) is 25.3 Å². The number of rotatable bonds is 4. The molecule has 0 bridgehead atoms. The molecule has 2 aromatic rings. The van der Waals surface area contributed by atoms with Crippen LogP contribution < -0.4 is 15.2 Å². The summed E-state index contributed by atoms with van der Waals surface area (Å²) in [7, 11) is -2.03. The van der Waals surface area contributed by atoms with Crippen LogP contribution in [0.2, 0.25) is 0 Å². The smallest absolute Gasteiger partial charge is 0.344 e. The second kappa shape index (κ2) is 6.99. The zero-order chi connectivity index (χ0) is 19.7. The normalized spacial score (nSPS) is 11.9. The maximum absolute atomic E-state index is 12.7. The third-order valence-electron chi connectivity index (χ3n) is 3.83. The van der Waals surface area contributed by atoms with E-state index in [-0.39, 0.29) is 21.8 Å². The lowest BCUT2D eigenvalue weighted by Gasteiger charge is -2.24. The van der Waals surface area contributed by atoms with Crippen molar-refractivity contribution in [3.05, 3.63) is 47.5 Å². The Labute approximate surface area is 153 Å². The first-order valence-electron chi connectivity index (χ1n) is 7.94. The summed E-state index contributed by atoms with van der Waals surface area (Å²) in [6.45, 7) is 5.87. The Hall–Kier alpha value is -2.54. The molecule has 0 saturated heterocycles. The molecule has 0 spiro atoms. The number of sulfone groups is 1. The number of nitrogens with two attached hydrogens (primary N) is 1. The fourth-order valence-electron chi connectivity index (χ4n) is 2.70. The summed E-state index contributed by atoms with van der Waals surface area (Å²) in [5.41, 5.74) is 7.26. The van der Waals surface area contributed by atoms with Crippen molar-refractivity contribution < 1.29 is 22.7 Å². The van der Waals surface area contributed by atoms with Crippen LogP contribution in [-0.2, 0) is 15.3 Å². The zero-order valence-electron chi connectivity index (χ0n) is 15.5. The Morgan fingerprint density at radius 1 is 1.08 bits per heavy atom. The van der Waals surface area contributed by atoms with Gasteiger partial charge in [-0.15, -0.1) is 0 Å². The number of esters is 1. The molecule has 6 nitrogen and oxygen atoms in total. The second-order valence-corrected chi connectivity index (χ2v) is 9.01. The van der Waals surface area contributed by atoms with Crippen molar-refractivity contribution in [1.29, 1.82) is 0 Å². The molecule has 0 fully saturated rings. The van der Waals surface area contributed by atoms with E-state index < -0.39 is 15.8 Å². The molecule has 0 atom stereocenters. The highest BCUT2D eigenvalue weighted by atomic mass is 32.2. The van der Waals surface area contributed by atoms with Gasteiger partial charge in [-0.05, 0) is 35.2 Å². The minimum absolute atomic E-state index is 0.0773. The Morgan fingerprint density at radius 2 is 1.73 bits per heavy atom. The van der Waals surface area contributed by atoms with Crippen LogP contribution in [0.1, 0.15) is 36.7 Å². The maximum Gasteiger partial charge on any atom is 0.344 e. The third kappa shape index (κ3) is 4.16. The van der Waals surface area contributed by atoms with E-state index in [0.717, 1.165) is 6.26 Å². The summed E-state index contributed by atoms with van der Waals surface area (Å²) >= 11 is 0. The molecule has 0 radical (unpaired) electrons. The summed E-state index contributed by atoms with van der Waals surface area (Å²) < 4.78 is 34.0. The Kier molecular flexibility index (Phi) is 5.32. The van der Waals surface area contributed by atoms with Crippen LogP contribution >= 0.6 is 0 Å². The van der Waals surface area contributed by atoms with Crippen molar-refractivity contribution >= 4 is 21.5 Å². The van der Waals surface area contributed by atoms with Crippen molar-refractivity contribution in [1.82, 2.24) is 0 Å². The van der Waals surface area contributed by atoms with Crippen LogP contribution in [-0.4, -0.2) is 27.8 Å². The molecule has 0 aliphatic heterocycles. The average molecular weight is 377 g/mol. The molecule has 0 unspecified atom stereocenters. The SMILES string of the molecule is COc1cc(S(C)(=O)=O)ccc1OC(=O)c1cccc(N)c1C(C)(C)C. The average Bonchev–Trinajstić information content (AvgIpc) is 2.52. The number of carbonyl (C=O) groups excluding carboxylic acids is 1. The highest BCUT2D eigenvalue weighted by Crippen LogP contribution is 2.34. The molecular weight excluding hydrogens is 354 g/mol. The first-order chi connectivity index (χ1) is 11.9. The van der Waals surface area contributed by atoms with E-state index in [4.69, 9.17) is 15.2 Å². The first kappa shape index (κ1) is 19.8. The van der Waals surface area contributed by atoms with Crippen LogP contribution in [0.3, 0.4) is 0 Å². The fourth-order valence-corrected chi connectivity index (χ4v) is 3.33. The van der Waals surface area contributed by atoms with Crippen LogP contribution in [0.25, 0.3) is 0 Å². The van der Waals surface area contributed by atoms with Gasteiger partial charge in [0.25, 0.3) is 0 Å². The number of benzene rings is 2. The molecule has 0 aromatic heterocycles. The molecule has 26 heavy (non-hydrogen) atoms. The highest BCUT2D eigenvalue weighted by molar-refractivity contribution is 7.90. The summed E-state index contributed by atoms with van der Waals surface area (Å²) in [4.78, 5) is 12.8. The van der Waals surface area contributed by atoms with E-state index in [1.807, 2.05) is 20.8 Å². The van der Waals surface area contributed by atoms with Crippen molar-refractivity contribution in [2.45, 2.75) is 31.1 Å². The molecule has 0 heterocycles. The van der Waals surface area contributed by atoms with Gasteiger partial charge < -0.3 is 15.2 Å². The van der Waals surface area contributed by atoms with Crippen molar-refractivity contribution in [3.63, 3.8) is 0 Å². The number of nitrogen functional groups attached to an aromatic ring is 1. The molecule has 2 aromatic carbocycles. The van der Waals surface area contributed by atoms with Crippen LogP contribution in [0, 0.1) is 0 Å². The number of anilines is 1. The molecule has 0 aliphatic carbocycles. The lowest BCUT2D eigenvalue weighted by molar-refractivity contribution is 0.0727. The number of hydrogen-bond acceptors (Lipinski definition) is 6. The minimum atomic E-state index is -3.40. The van der Waals surface area contributed by atoms with Gasteiger partial charge in [0.1, 0.15) is 0 Å². The van der Waals surface area contributed by atoms with Gasteiger partial charge in [0.15, 0.2) is 21.3 Å². The molecule has 0 aliphatic rings. The summed E-state index contributed by atoms with van der Waals surface area (Å²) in [5, 5.41) is 0. The fraction of sp³-hybridized carbons (Fsp3) is 0.316. The lowest BCUT2D eigenvalue weighted by atomic mass is 9.82. The van der Waals surface area contributed by atoms with Crippen molar-refractivity contribution in [2.24, 2.45) is 0 Å². The highest BCUT2D eigenvalue weighted by Gasteiger charge is 2.26. The lowest BCUT2D eigenvalue weighted by Crippen LogP contribution is -2.21. The monoisotopic (exact) mass is 377 g/mol. The van der Waals surface area contributed by atoms with Gasteiger partial charge in [-0.2, -0.15) is 0 Å². The molecule has 2 N–H and O–H groups in total. The molecule has 0 amide bonds. The van der Waals surface area contributed by atoms with E-state index >= 15 is 0 Å². The van der Waals surface area contributed by atoms with Crippen LogP contribution in [0.15, 0.2) is 41.3 Å². The standard InChI is InChI=1S/C19H23NO5S/c1-19(2,3)17-13(7-6-8-14(17)20)18(21)25-15-10-9-12(26(5,22)23)11-16(15)24-4/h6-11H,20H2,1-5H3. The summed E-state index contributed by atoms with van der Waals surface area (Å²) in [5.74, 6) is -0.303. The van der Waals surface area contributed by atoms with E-state index in [0.29, 0.717) is 16.8 Å². The second-order valence-electron chi connectivity index (χ2n) is 6.99. The van der Waals surface area contributed by atoms with Gasteiger partial charge in [0.05, 0.1) is 17.6 Å².